The smallest absolute Gasteiger partial charge is 0.303 e. The Morgan fingerprint density at radius 3 is 2.38 bits per heavy atom. The maximum absolute atomic E-state index is 11.8. The first-order valence-electron chi connectivity index (χ1n) is 8.99. The van der Waals surface area contributed by atoms with E-state index in [0.29, 0.717) is 5.02 Å². The van der Waals surface area contributed by atoms with Gasteiger partial charge in [-0.1, -0.05) is 11.6 Å². The summed E-state index contributed by atoms with van der Waals surface area (Å²) in [5.74, 6) is -1.56. The molecule has 1 fully saturated rings. The molecule has 2 aliphatic rings. The number of thioether (sulfide) groups is 1. The van der Waals surface area contributed by atoms with Crippen molar-refractivity contribution >= 4 is 47.0 Å². The normalized spacial score (nSPS) is 28.0. The van der Waals surface area contributed by atoms with Crippen LogP contribution in [0.1, 0.15) is 20.8 Å². The fraction of sp³-hybridized carbons (Fsp3) is 0.526. The van der Waals surface area contributed by atoms with Gasteiger partial charge in [0.05, 0.1) is 10.9 Å². The largest absolute Gasteiger partial charge is 0.463 e. The van der Waals surface area contributed by atoms with Crippen molar-refractivity contribution in [2.45, 2.75) is 55.5 Å². The van der Waals surface area contributed by atoms with Gasteiger partial charge in [0.25, 0.3) is 0 Å². The molecule has 2 heterocycles. The van der Waals surface area contributed by atoms with E-state index in [4.69, 9.17) is 30.5 Å². The molecule has 1 aromatic carbocycles. The number of carbonyl (C=O) groups excluding carboxylic acids is 3. The molecule has 5 atom stereocenters. The number of nitrogens with zero attached hydrogens (tertiary/aromatic N) is 1. The minimum absolute atomic E-state index is 0.144. The summed E-state index contributed by atoms with van der Waals surface area (Å²) in [4.78, 5) is 37.7. The summed E-state index contributed by atoms with van der Waals surface area (Å²) in [6.07, 6.45) is -3.06. The molecule has 0 N–H and O–H groups in total. The zero-order chi connectivity index (χ0) is 21.3. The molecule has 0 radical (unpaired) electrons. The van der Waals surface area contributed by atoms with Gasteiger partial charge in [-0.2, -0.15) is 0 Å². The molecule has 3 rings (SSSR count). The van der Waals surface area contributed by atoms with Gasteiger partial charge in [-0.15, -0.1) is 11.8 Å². The Labute approximate surface area is 177 Å². The first-order valence-corrected chi connectivity index (χ1v) is 10.3. The fourth-order valence-corrected chi connectivity index (χ4v) is 5.11. The number of benzene rings is 1. The van der Waals surface area contributed by atoms with E-state index in [9.17, 15) is 14.4 Å². The fourth-order valence-electron chi connectivity index (χ4n) is 3.48. The van der Waals surface area contributed by atoms with Crippen molar-refractivity contribution in [2.24, 2.45) is 0 Å². The van der Waals surface area contributed by atoms with Crippen LogP contribution in [0.4, 0.5) is 5.69 Å². The molecule has 0 spiro atoms. The van der Waals surface area contributed by atoms with Gasteiger partial charge >= 0.3 is 17.9 Å². The first kappa shape index (κ1) is 21.7. The number of fused-ring (bicyclic) bond motifs is 2. The van der Waals surface area contributed by atoms with Crippen molar-refractivity contribution in [3.05, 3.63) is 23.2 Å². The van der Waals surface area contributed by atoms with Crippen molar-refractivity contribution in [1.82, 2.24) is 0 Å². The van der Waals surface area contributed by atoms with E-state index in [0.717, 1.165) is 10.6 Å². The van der Waals surface area contributed by atoms with Gasteiger partial charge in [-0.3, -0.25) is 14.4 Å². The van der Waals surface area contributed by atoms with Crippen molar-refractivity contribution in [3.63, 3.8) is 0 Å². The third-order valence-corrected chi connectivity index (χ3v) is 6.22. The molecular formula is C19H22ClNO7S. The van der Waals surface area contributed by atoms with Crippen LogP contribution in [-0.2, 0) is 33.3 Å². The van der Waals surface area contributed by atoms with Gasteiger partial charge in [0.2, 0.25) is 0 Å². The number of carbonyl (C=O) groups is 3. The maximum Gasteiger partial charge on any atom is 0.303 e. The van der Waals surface area contributed by atoms with Crippen LogP contribution >= 0.6 is 23.4 Å². The van der Waals surface area contributed by atoms with Crippen molar-refractivity contribution < 1.29 is 33.3 Å². The van der Waals surface area contributed by atoms with Crippen molar-refractivity contribution in [3.8, 4) is 0 Å². The Hall–Kier alpha value is -1.97. The van der Waals surface area contributed by atoms with Crippen LogP contribution in [0.15, 0.2) is 23.1 Å². The van der Waals surface area contributed by atoms with Crippen LogP contribution in [0.3, 0.4) is 0 Å². The van der Waals surface area contributed by atoms with Gasteiger partial charge in [0.1, 0.15) is 18.9 Å². The number of anilines is 1. The lowest BCUT2D eigenvalue weighted by molar-refractivity contribution is -0.212. The zero-order valence-corrected chi connectivity index (χ0v) is 18.0. The summed E-state index contributed by atoms with van der Waals surface area (Å²) < 4.78 is 22.3. The van der Waals surface area contributed by atoms with Gasteiger partial charge < -0.3 is 23.8 Å². The quantitative estimate of drug-likeness (QED) is 0.513. The van der Waals surface area contributed by atoms with Crippen molar-refractivity contribution in [1.29, 1.82) is 0 Å². The van der Waals surface area contributed by atoms with E-state index in [2.05, 4.69) is 0 Å². The summed E-state index contributed by atoms with van der Waals surface area (Å²) in [6.45, 7) is 3.69. The van der Waals surface area contributed by atoms with Crippen LogP contribution in [0.25, 0.3) is 0 Å². The highest BCUT2D eigenvalue weighted by molar-refractivity contribution is 8.00. The number of ether oxygens (including phenoxy) is 4. The lowest BCUT2D eigenvalue weighted by atomic mass is 9.98. The lowest BCUT2D eigenvalue weighted by Gasteiger charge is -2.50. The molecule has 1 saturated heterocycles. The number of hydrogen-bond donors (Lipinski definition) is 0. The van der Waals surface area contributed by atoms with Gasteiger partial charge in [0.15, 0.2) is 12.2 Å². The molecule has 8 nitrogen and oxygen atoms in total. The molecule has 0 bridgehead atoms. The van der Waals surface area contributed by atoms with E-state index in [-0.39, 0.29) is 11.9 Å². The minimum Gasteiger partial charge on any atom is -0.463 e. The monoisotopic (exact) mass is 443 g/mol. The van der Waals surface area contributed by atoms with E-state index in [1.807, 2.05) is 24.1 Å². The molecule has 0 saturated carbocycles. The second-order valence-corrected chi connectivity index (χ2v) is 8.48. The number of hydrogen-bond acceptors (Lipinski definition) is 9. The third kappa shape index (κ3) is 4.79. The molecule has 0 unspecified atom stereocenters. The van der Waals surface area contributed by atoms with E-state index >= 15 is 0 Å². The molecule has 0 aromatic heterocycles. The standard InChI is InChI=1S/C19H22ClNO7S/c1-9(22)25-8-14-16(26-10(2)23)17(27-11(3)24)18-19(28-14)21(4)13-7-12(20)5-6-15(13)29-18/h5-7,14,16-19H,8H2,1-4H3/t14-,16-,17+,18+,19+/m1/s1. The van der Waals surface area contributed by atoms with Crippen LogP contribution in [0.5, 0.6) is 0 Å². The van der Waals surface area contributed by atoms with Gasteiger partial charge in [-0.25, -0.2) is 0 Å². The second-order valence-electron chi connectivity index (χ2n) is 6.82. The molecule has 158 valence electrons. The number of esters is 3. The topological polar surface area (TPSA) is 91.4 Å². The summed E-state index contributed by atoms with van der Waals surface area (Å²) in [5, 5.41) is 0.201. The summed E-state index contributed by atoms with van der Waals surface area (Å²) in [5.41, 5.74) is 0.863. The zero-order valence-electron chi connectivity index (χ0n) is 16.4. The summed E-state index contributed by atoms with van der Waals surface area (Å²) in [7, 11) is 1.84. The number of halogens is 1. The molecule has 29 heavy (non-hydrogen) atoms. The Kier molecular flexibility index (Phi) is 6.60. The molecule has 2 aliphatic heterocycles. The molecule has 10 heteroatoms. The Morgan fingerprint density at radius 2 is 1.76 bits per heavy atom. The van der Waals surface area contributed by atoms with Gasteiger partial charge in [0, 0.05) is 37.7 Å². The Bertz CT molecular complexity index is 820. The molecule has 0 amide bonds. The van der Waals surface area contributed by atoms with Crippen LogP contribution in [0.2, 0.25) is 5.02 Å². The SMILES string of the molecule is CC(=O)OC[C@H]1O[C@H]2[C@@H](Sc3ccc(Cl)cc3N2C)[C@@H](OC(C)=O)[C@@H]1OC(C)=O. The van der Waals surface area contributed by atoms with Gasteiger partial charge in [-0.05, 0) is 18.2 Å². The highest BCUT2D eigenvalue weighted by Gasteiger charge is 2.53. The van der Waals surface area contributed by atoms with Crippen molar-refractivity contribution in [2.75, 3.05) is 18.6 Å². The highest BCUT2D eigenvalue weighted by Crippen LogP contribution is 2.47. The van der Waals surface area contributed by atoms with E-state index < -0.39 is 42.4 Å². The van der Waals surface area contributed by atoms with Crippen LogP contribution in [0, 0.1) is 0 Å². The summed E-state index contributed by atoms with van der Waals surface area (Å²) in [6, 6.07) is 5.48. The Morgan fingerprint density at radius 1 is 1.10 bits per heavy atom. The first-order chi connectivity index (χ1) is 13.7. The molecule has 1 aromatic rings. The highest BCUT2D eigenvalue weighted by atomic mass is 35.5. The predicted molar refractivity (Wildman–Crippen MR) is 106 cm³/mol. The summed E-state index contributed by atoms with van der Waals surface area (Å²) >= 11 is 7.61. The lowest BCUT2D eigenvalue weighted by Crippen LogP contribution is -2.64. The predicted octanol–water partition coefficient (Wildman–Crippen LogP) is 2.40. The average molecular weight is 444 g/mol. The third-order valence-electron chi connectivity index (χ3n) is 4.61. The van der Waals surface area contributed by atoms with E-state index in [1.54, 1.807) is 6.07 Å². The average Bonchev–Trinajstić information content (AvgIpc) is 2.62. The Balaban J connectivity index is 1.99. The number of rotatable bonds is 4. The van der Waals surface area contributed by atoms with E-state index in [1.165, 1.54) is 32.5 Å². The second kappa shape index (κ2) is 8.81. The molecular weight excluding hydrogens is 422 g/mol. The maximum atomic E-state index is 11.8. The minimum atomic E-state index is -0.924. The van der Waals surface area contributed by atoms with Crippen LogP contribution < -0.4 is 4.90 Å². The molecule has 0 aliphatic carbocycles. The van der Waals surface area contributed by atoms with Crippen LogP contribution in [-0.4, -0.2) is 61.4 Å².